The Bertz CT molecular complexity index is 375. The van der Waals surface area contributed by atoms with E-state index in [1.807, 2.05) is 6.92 Å². The number of carbonyl (C=O) groups is 1. The van der Waals surface area contributed by atoms with Gasteiger partial charge in [0.1, 0.15) is 8.24 Å². The van der Waals surface area contributed by atoms with Gasteiger partial charge in [-0.3, -0.25) is 4.79 Å². The second-order valence-electron chi connectivity index (χ2n) is 8.15. The molecule has 0 bridgehead atoms. The van der Waals surface area contributed by atoms with Crippen molar-refractivity contribution < 1.29 is 9.53 Å². The van der Waals surface area contributed by atoms with Crippen LogP contribution in [0.3, 0.4) is 0 Å². The van der Waals surface area contributed by atoms with Gasteiger partial charge in [-0.1, -0.05) is 47.7 Å². The SMILES string of the molecule is COC(=O)C(C)CN1CCN([Si](C)(C)C(C)(C)C(C)C)CC1. The predicted octanol–water partition coefficient (Wildman–Crippen LogP) is 3.05. The molecular formula is C17H36N2O2Si. The van der Waals surface area contributed by atoms with Gasteiger partial charge in [0.2, 0.25) is 0 Å². The van der Waals surface area contributed by atoms with Crippen LogP contribution in [-0.2, 0) is 9.53 Å². The van der Waals surface area contributed by atoms with Gasteiger partial charge in [-0.05, 0) is 11.0 Å². The van der Waals surface area contributed by atoms with Gasteiger partial charge in [0.25, 0.3) is 0 Å². The van der Waals surface area contributed by atoms with Crippen molar-refractivity contribution in [3.8, 4) is 0 Å². The lowest BCUT2D eigenvalue weighted by atomic mass is 9.99. The Morgan fingerprint density at radius 1 is 1.14 bits per heavy atom. The highest BCUT2D eigenvalue weighted by Gasteiger charge is 2.46. The molecule has 1 heterocycles. The number of hydrogen-bond acceptors (Lipinski definition) is 4. The smallest absolute Gasteiger partial charge is 0.309 e. The van der Waals surface area contributed by atoms with E-state index < -0.39 is 8.24 Å². The van der Waals surface area contributed by atoms with E-state index in [2.05, 4.69) is 50.3 Å². The Hall–Kier alpha value is -0.393. The van der Waals surface area contributed by atoms with Crippen LogP contribution in [0.1, 0.15) is 34.6 Å². The van der Waals surface area contributed by atoms with E-state index in [9.17, 15) is 4.79 Å². The summed E-state index contributed by atoms with van der Waals surface area (Å²) < 4.78 is 7.59. The van der Waals surface area contributed by atoms with Crippen LogP contribution in [0.2, 0.25) is 18.1 Å². The van der Waals surface area contributed by atoms with E-state index >= 15 is 0 Å². The molecule has 0 spiro atoms. The maximum absolute atomic E-state index is 11.6. The lowest BCUT2D eigenvalue weighted by Crippen LogP contribution is -2.63. The maximum atomic E-state index is 11.6. The number of methoxy groups -OCH3 is 1. The fraction of sp³-hybridized carbons (Fsp3) is 0.941. The Kier molecular flexibility index (Phi) is 6.66. The first-order chi connectivity index (χ1) is 10.0. The van der Waals surface area contributed by atoms with E-state index in [0.717, 1.165) is 32.7 Å². The Labute approximate surface area is 138 Å². The average Bonchev–Trinajstić information content (AvgIpc) is 2.46. The molecular weight excluding hydrogens is 292 g/mol. The summed E-state index contributed by atoms with van der Waals surface area (Å²) in [4.78, 5) is 14.0. The first-order valence-corrected chi connectivity index (χ1v) is 11.5. The Morgan fingerprint density at radius 2 is 1.64 bits per heavy atom. The minimum atomic E-state index is -1.48. The van der Waals surface area contributed by atoms with Gasteiger partial charge in [0.15, 0.2) is 0 Å². The summed E-state index contributed by atoms with van der Waals surface area (Å²) in [6.07, 6.45) is 0. The van der Waals surface area contributed by atoms with Crippen LogP contribution in [0.15, 0.2) is 0 Å². The Balaban J connectivity index is 2.60. The number of nitrogens with zero attached hydrogens (tertiary/aromatic N) is 2. The van der Waals surface area contributed by atoms with Crippen molar-refractivity contribution in [2.75, 3.05) is 39.8 Å². The predicted molar refractivity (Wildman–Crippen MR) is 95.6 cm³/mol. The summed E-state index contributed by atoms with van der Waals surface area (Å²) in [5.41, 5.74) is 0. The van der Waals surface area contributed by atoms with E-state index in [0.29, 0.717) is 11.0 Å². The highest BCUT2D eigenvalue weighted by molar-refractivity contribution is 6.77. The molecule has 0 radical (unpaired) electrons. The lowest BCUT2D eigenvalue weighted by molar-refractivity contribution is -0.145. The minimum absolute atomic E-state index is 0.0334. The first-order valence-electron chi connectivity index (χ1n) is 8.59. The summed E-state index contributed by atoms with van der Waals surface area (Å²) in [6.45, 7) is 21.8. The van der Waals surface area contributed by atoms with Crippen molar-refractivity contribution in [2.45, 2.75) is 52.8 Å². The summed E-state index contributed by atoms with van der Waals surface area (Å²) in [7, 11) is -0.00527. The zero-order chi connectivity index (χ0) is 17.1. The monoisotopic (exact) mass is 328 g/mol. The normalized spacial score (nSPS) is 20.2. The van der Waals surface area contributed by atoms with Gasteiger partial charge in [-0.15, -0.1) is 0 Å². The summed E-state index contributed by atoms with van der Waals surface area (Å²) in [5, 5.41) is 0.397. The largest absolute Gasteiger partial charge is 0.469 e. The fourth-order valence-corrected chi connectivity index (χ4v) is 6.81. The van der Waals surface area contributed by atoms with E-state index in [1.54, 1.807) is 0 Å². The molecule has 1 fully saturated rings. The first kappa shape index (κ1) is 19.7. The number of carbonyl (C=O) groups excluding carboxylic acids is 1. The zero-order valence-corrected chi connectivity index (χ0v) is 16.9. The van der Waals surface area contributed by atoms with Crippen LogP contribution in [-0.4, -0.2) is 63.5 Å². The lowest BCUT2D eigenvalue weighted by Gasteiger charge is -2.52. The molecule has 1 aliphatic rings. The van der Waals surface area contributed by atoms with E-state index in [1.165, 1.54) is 7.11 Å². The van der Waals surface area contributed by atoms with Crippen molar-refractivity contribution in [1.82, 2.24) is 9.47 Å². The average molecular weight is 329 g/mol. The van der Waals surface area contributed by atoms with Crippen LogP contribution in [0.4, 0.5) is 0 Å². The van der Waals surface area contributed by atoms with Gasteiger partial charge in [-0.2, -0.15) is 0 Å². The summed E-state index contributed by atoms with van der Waals surface area (Å²) in [5.74, 6) is 0.568. The molecule has 1 saturated heterocycles. The molecule has 22 heavy (non-hydrogen) atoms. The van der Waals surface area contributed by atoms with Gasteiger partial charge in [0, 0.05) is 32.7 Å². The molecule has 0 aromatic carbocycles. The highest BCUT2D eigenvalue weighted by Crippen LogP contribution is 2.45. The number of ether oxygens (including phenoxy) is 1. The number of rotatable bonds is 6. The summed E-state index contributed by atoms with van der Waals surface area (Å²) in [6, 6.07) is 0. The molecule has 1 atom stereocenters. The molecule has 0 aliphatic carbocycles. The fourth-order valence-electron chi connectivity index (χ4n) is 3.27. The molecule has 0 aromatic heterocycles. The van der Waals surface area contributed by atoms with E-state index in [-0.39, 0.29) is 11.9 Å². The van der Waals surface area contributed by atoms with Gasteiger partial charge >= 0.3 is 5.97 Å². The second kappa shape index (κ2) is 7.45. The van der Waals surface area contributed by atoms with Crippen LogP contribution in [0.25, 0.3) is 0 Å². The Morgan fingerprint density at radius 3 is 2.05 bits per heavy atom. The third-order valence-electron chi connectivity index (χ3n) is 6.32. The number of esters is 1. The minimum Gasteiger partial charge on any atom is -0.469 e. The molecule has 130 valence electrons. The van der Waals surface area contributed by atoms with Crippen molar-refractivity contribution >= 4 is 14.2 Å². The van der Waals surface area contributed by atoms with Crippen molar-refractivity contribution in [3.05, 3.63) is 0 Å². The molecule has 0 aromatic rings. The van der Waals surface area contributed by atoms with Crippen molar-refractivity contribution in [3.63, 3.8) is 0 Å². The van der Waals surface area contributed by atoms with Gasteiger partial charge in [0.05, 0.1) is 13.0 Å². The number of hydrogen-bond donors (Lipinski definition) is 0. The van der Waals surface area contributed by atoms with Crippen molar-refractivity contribution in [2.24, 2.45) is 11.8 Å². The van der Waals surface area contributed by atoms with Crippen LogP contribution >= 0.6 is 0 Å². The topological polar surface area (TPSA) is 32.8 Å². The van der Waals surface area contributed by atoms with E-state index in [4.69, 9.17) is 4.74 Å². The van der Waals surface area contributed by atoms with Crippen LogP contribution < -0.4 is 0 Å². The molecule has 4 nitrogen and oxygen atoms in total. The molecule has 0 N–H and O–H groups in total. The van der Waals surface area contributed by atoms with Gasteiger partial charge in [-0.25, -0.2) is 0 Å². The standard InChI is InChI=1S/C17H36N2O2Si/c1-14(2)17(4,5)22(7,8)19-11-9-18(10-12-19)13-15(3)16(20)21-6/h14-15H,9-13H2,1-8H3. The molecule has 0 saturated carbocycles. The quantitative estimate of drug-likeness (QED) is 0.554. The molecule has 0 amide bonds. The highest BCUT2D eigenvalue weighted by atomic mass is 28.3. The second-order valence-corrected chi connectivity index (χ2v) is 13.2. The third kappa shape index (κ3) is 4.12. The molecule has 5 heteroatoms. The summed E-state index contributed by atoms with van der Waals surface area (Å²) >= 11 is 0. The van der Waals surface area contributed by atoms with Crippen molar-refractivity contribution in [1.29, 1.82) is 0 Å². The molecule has 1 unspecified atom stereocenters. The van der Waals surface area contributed by atoms with Crippen LogP contribution in [0.5, 0.6) is 0 Å². The number of piperazine rings is 1. The third-order valence-corrected chi connectivity index (χ3v) is 12.1. The zero-order valence-electron chi connectivity index (χ0n) is 15.9. The van der Waals surface area contributed by atoms with Crippen LogP contribution in [0, 0.1) is 11.8 Å². The molecule has 1 aliphatic heterocycles. The van der Waals surface area contributed by atoms with Gasteiger partial charge < -0.3 is 14.2 Å². The molecule has 1 rings (SSSR count). The maximum Gasteiger partial charge on any atom is 0.309 e.